The number of rotatable bonds is 2. The molecule has 0 aromatic heterocycles. The van der Waals surface area contributed by atoms with E-state index in [1.807, 2.05) is 4.90 Å². The molecule has 0 radical (unpaired) electrons. The van der Waals surface area contributed by atoms with Crippen molar-refractivity contribution < 1.29 is 8.78 Å². The van der Waals surface area contributed by atoms with E-state index in [1.54, 1.807) is 0 Å². The van der Waals surface area contributed by atoms with E-state index in [0.717, 1.165) is 25.9 Å². The molecule has 1 nitrogen and oxygen atoms in total. The van der Waals surface area contributed by atoms with Gasteiger partial charge in [-0.25, -0.2) is 8.78 Å². The van der Waals surface area contributed by atoms with Crippen LogP contribution in [0.25, 0.3) is 0 Å². The summed E-state index contributed by atoms with van der Waals surface area (Å²) in [5, 5.41) is 0.470. The Morgan fingerprint density at radius 3 is 2.24 bits per heavy atom. The lowest BCUT2D eigenvalue weighted by Crippen LogP contribution is -2.34. The van der Waals surface area contributed by atoms with Gasteiger partial charge < -0.3 is 4.90 Å². The molecule has 1 fully saturated rings. The summed E-state index contributed by atoms with van der Waals surface area (Å²) in [5.41, 5.74) is 0.774. The lowest BCUT2D eigenvalue weighted by atomic mass is 9.98. The highest BCUT2D eigenvalue weighted by molar-refractivity contribution is 9.08. The number of hydrogen-bond acceptors (Lipinski definition) is 1. The van der Waals surface area contributed by atoms with Crippen molar-refractivity contribution >= 4 is 21.6 Å². The number of benzene rings is 1. The molecular formula is C13H16BrF2N. The van der Waals surface area contributed by atoms with Crippen LogP contribution >= 0.6 is 15.9 Å². The van der Waals surface area contributed by atoms with Crippen LogP contribution in [0.3, 0.4) is 0 Å². The van der Waals surface area contributed by atoms with Crippen LogP contribution in [0.15, 0.2) is 12.1 Å². The van der Waals surface area contributed by atoms with Crippen LogP contribution in [0.5, 0.6) is 0 Å². The zero-order chi connectivity index (χ0) is 12.4. The molecule has 1 aromatic carbocycles. The van der Waals surface area contributed by atoms with Gasteiger partial charge in [-0.1, -0.05) is 22.9 Å². The highest BCUT2D eigenvalue weighted by atomic mass is 79.9. The van der Waals surface area contributed by atoms with Crippen LogP contribution in [0, 0.1) is 17.6 Å². The maximum Gasteiger partial charge on any atom is 0.149 e. The average Bonchev–Trinajstić information content (AvgIpc) is 2.30. The lowest BCUT2D eigenvalue weighted by molar-refractivity contribution is 0.429. The molecule has 0 amide bonds. The predicted molar refractivity (Wildman–Crippen MR) is 69.6 cm³/mol. The molecule has 0 N–H and O–H groups in total. The van der Waals surface area contributed by atoms with Crippen LogP contribution < -0.4 is 4.90 Å². The van der Waals surface area contributed by atoms with E-state index in [4.69, 9.17) is 0 Å². The third-order valence-corrected chi connectivity index (χ3v) is 3.98. The fourth-order valence-electron chi connectivity index (χ4n) is 2.23. The van der Waals surface area contributed by atoms with Gasteiger partial charge in [-0.3, -0.25) is 0 Å². The molecule has 94 valence electrons. The van der Waals surface area contributed by atoms with E-state index in [2.05, 4.69) is 22.9 Å². The van der Waals surface area contributed by atoms with Gasteiger partial charge in [-0.05, 0) is 36.5 Å². The third-order valence-electron chi connectivity index (χ3n) is 3.33. The maximum atomic E-state index is 13.9. The first kappa shape index (κ1) is 12.8. The summed E-state index contributed by atoms with van der Waals surface area (Å²) in [4.78, 5) is 1.82. The summed E-state index contributed by atoms with van der Waals surface area (Å²) < 4.78 is 27.8. The predicted octanol–water partition coefficient (Wildman–Crippen LogP) is 4.10. The summed E-state index contributed by atoms with van der Waals surface area (Å²) in [6.45, 7) is 3.66. The van der Waals surface area contributed by atoms with E-state index in [0.29, 0.717) is 16.8 Å². The van der Waals surface area contributed by atoms with Crippen molar-refractivity contribution in [2.45, 2.75) is 25.1 Å². The molecule has 0 spiro atoms. The number of halogens is 3. The minimum absolute atomic E-state index is 0.140. The fraction of sp³-hybridized carbons (Fsp3) is 0.538. The second-order valence-electron chi connectivity index (χ2n) is 4.71. The first-order chi connectivity index (χ1) is 8.11. The Balaban J connectivity index is 2.26. The van der Waals surface area contributed by atoms with Gasteiger partial charge in [0.15, 0.2) is 0 Å². The molecule has 17 heavy (non-hydrogen) atoms. The van der Waals surface area contributed by atoms with Crippen molar-refractivity contribution in [1.82, 2.24) is 0 Å². The third kappa shape index (κ3) is 2.79. The molecular weight excluding hydrogens is 288 g/mol. The smallest absolute Gasteiger partial charge is 0.149 e. The van der Waals surface area contributed by atoms with E-state index in [-0.39, 0.29) is 5.69 Å². The second-order valence-corrected chi connectivity index (χ2v) is 5.27. The van der Waals surface area contributed by atoms with Gasteiger partial charge in [-0.15, -0.1) is 0 Å². The Hall–Kier alpha value is -0.640. The molecule has 2 rings (SSSR count). The van der Waals surface area contributed by atoms with E-state index >= 15 is 0 Å². The fourth-order valence-corrected chi connectivity index (χ4v) is 2.55. The van der Waals surface area contributed by atoms with Crippen LogP contribution in [-0.4, -0.2) is 13.1 Å². The first-order valence-corrected chi connectivity index (χ1v) is 7.02. The zero-order valence-electron chi connectivity index (χ0n) is 9.85. The largest absolute Gasteiger partial charge is 0.367 e. The molecule has 1 aliphatic rings. The van der Waals surface area contributed by atoms with Crippen molar-refractivity contribution in [3.05, 3.63) is 29.3 Å². The molecule has 1 aliphatic heterocycles. The van der Waals surface area contributed by atoms with Crippen molar-refractivity contribution in [3.63, 3.8) is 0 Å². The molecule has 1 saturated heterocycles. The minimum atomic E-state index is -0.450. The number of nitrogens with zero attached hydrogens (tertiary/aromatic N) is 1. The minimum Gasteiger partial charge on any atom is -0.367 e. The highest BCUT2D eigenvalue weighted by Gasteiger charge is 2.22. The lowest BCUT2D eigenvalue weighted by Gasteiger charge is -2.32. The Bertz CT molecular complexity index is 377. The molecule has 4 heteroatoms. The first-order valence-electron chi connectivity index (χ1n) is 5.90. The van der Waals surface area contributed by atoms with Crippen LogP contribution in [0.2, 0.25) is 0 Å². The van der Waals surface area contributed by atoms with Crippen molar-refractivity contribution in [1.29, 1.82) is 0 Å². The van der Waals surface area contributed by atoms with E-state index in [9.17, 15) is 8.78 Å². The summed E-state index contributed by atoms with van der Waals surface area (Å²) in [5.74, 6) is -0.248. The molecule has 0 aliphatic carbocycles. The molecule has 0 bridgehead atoms. The zero-order valence-corrected chi connectivity index (χ0v) is 11.4. The van der Waals surface area contributed by atoms with Gasteiger partial charge in [0.1, 0.15) is 17.3 Å². The number of anilines is 1. The number of piperidine rings is 1. The molecule has 0 saturated carbocycles. The number of alkyl halides is 1. The van der Waals surface area contributed by atoms with Gasteiger partial charge in [0.2, 0.25) is 0 Å². The van der Waals surface area contributed by atoms with Crippen LogP contribution in [-0.2, 0) is 5.33 Å². The SMILES string of the molecule is CC1CCN(c2c(F)cc(CBr)cc2F)CC1. The highest BCUT2D eigenvalue weighted by Crippen LogP contribution is 2.29. The quantitative estimate of drug-likeness (QED) is 0.744. The molecule has 1 aromatic rings. The van der Waals surface area contributed by atoms with E-state index in [1.165, 1.54) is 12.1 Å². The van der Waals surface area contributed by atoms with Gasteiger partial charge in [0.05, 0.1) is 0 Å². The van der Waals surface area contributed by atoms with Crippen molar-refractivity contribution in [2.75, 3.05) is 18.0 Å². The average molecular weight is 304 g/mol. The normalized spacial score (nSPS) is 17.5. The molecule has 1 heterocycles. The summed E-state index contributed by atoms with van der Waals surface area (Å²) in [6, 6.07) is 2.82. The standard InChI is InChI=1S/C13H16BrF2N/c1-9-2-4-17(5-3-9)13-11(15)6-10(8-14)7-12(13)16/h6-7,9H,2-5,8H2,1H3. The van der Waals surface area contributed by atoms with Gasteiger partial charge in [-0.2, -0.15) is 0 Å². The molecule has 0 unspecified atom stereocenters. The monoisotopic (exact) mass is 303 g/mol. The Morgan fingerprint density at radius 1 is 1.24 bits per heavy atom. The van der Waals surface area contributed by atoms with Crippen LogP contribution in [0.1, 0.15) is 25.3 Å². The topological polar surface area (TPSA) is 3.24 Å². The van der Waals surface area contributed by atoms with Crippen molar-refractivity contribution in [2.24, 2.45) is 5.92 Å². The molecule has 0 atom stereocenters. The van der Waals surface area contributed by atoms with Crippen molar-refractivity contribution in [3.8, 4) is 0 Å². The van der Waals surface area contributed by atoms with Gasteiger partial charge in [0, 0.05) is 18.4 Å². The summed E-state index contributed by atoms with van der Waals surface area (Å²) in [7, 11) is 0. The Labute approximate surface area is 109 Å². The Kier molecular flexibility index (Phi) is 4.02. The summed E-state index contributed by atoms with van der Waals surface area (Å²) in [6.07, 6.45) is 2.00. The second kappa shape index (κ2) is 5.34. The van der Waals surface area contributed by atoms with Gasteiger partial charge in [0.25, 0.3) is 0 Å². The van der Waals surface area contributed by atoms with Gasteiger partial charge >= 0.3 is 0 Å². The van der Waals surface area contributed by atoms with Crippen LogP contribution in [0.4, 0.5) is 14.5 Å². The number of hydrogen-bond donors (Lipinski definition) is 0. The summed E-state index contributed by atoms with van der Waals surface area (Å²) >= 11 is 3.21. The maximum absolute atomic E-state index is 13.9. The van der Waals surface area contributed by atoms with E-state index < -0.39 is 11.6 Å². The Morgan fingerprint density at radius 2 is 1.76 bits per heavy atom.